The van der Waals surface area contributed by atoms with Gasteiger partial charge in [0.15, 0.2) is 0 Å². The summed E-state index contributed by atoms with van der Waals surface area (Å²) in [6, 6.07) is 5.79. The van der Waals surface area contributed by atoms with Gasteiger partial charge in [0.25, 0.3) is 0 Å². The highest BCUT2D eigenvalue weighted by Crippen LogP contribution is 2.45. The van der Waals surface area contributed by atoms with Crippen LogP contribution in [0.5, 0.6) is 0 Å². The van der Waals surface area contributed by atoms with E-state index in [4.69, 9.17) is 5.73 Å². The number of aryl methyl sites for hydroxylation is 1. The molecule has 0 bridgehead atoms. The number of anilines is 1. The number of nitrogen functional groups attached to an aromatic ring is 1. The first kappa shape index (κ1) is 7.62. The van der Waals surface area contributed by atoms with Gasteiger partial charge in [-0.15, -0.1) is 0 Å². The molecule has 64 valence electrons. The molecule has 0 atom stereocenters. The summed E-state index contributed by atoms with van der Waals surface area (Å²) < 4.78 is 0. The fourth-order valence-electron chi connectivity index (χ4n) is 1.34. The van der Waals surface area contributed by atoms with E-state index < -0.39 is 5.60 Å². The number of aliphatic hydroxyl groups is 1. The second-order valence-electron chi connectivity index (χ2n) is 3.60. The maximum Gasteiger partial charge on any atom is 0.0899 e. The molecule has 1 saturated carbocycles. The largest absolute Gasteiger partial charge is 0.399 e. The van der Waals surface area contributed by atoms with Crippen LogP contribution in [-0.4, -0.2) is 5.11 Å². The standard InChI is InChI=1S/C10H13NO/c1-7-2-3-8(6-9(7)11)10(12)4-5-10/h2-3,6,12H,4-5,11H2,1H3. The monoisotopic (exact) mass is 163 g/mol. The highest BCUT2D eigenvalue weighted by Gasteiger charge is 2.42. The Morgan fingerprint density at radius 2 is 2.08 bits per heavy atom. The second-order valence-corrected chi connectivity index (χ2v) is 3.60. The van der Waals surface area contributed by atoms with Crippen LogP contribution in [0.2, 0.25) is 0 Å². The van der Waals surface area contributed by atoms with Crippen molar-refractivity contribution in [3.05, 3.63) is 29.3 Å². The van der Waals surface area contributed by atoms with Gasteiger partial charge in [-0.2, -0.15) is 0 Å². The molecule has 3 N–H and O–H groups in total. The zero-order valence-corrected chi connectivity index (χ0v) is 7.17. The number of benzene rings is 1. The minimum atomic E-state index is -0.554. The molecule has 0 aromatic heterocycles. The lowest BCUT2D eigenvalue weighted by molar-refractivity contribution is 0.151. The Morgan fingerprint density at radius 3 is 2.58 bits per heavy atom. The molecule has 0 heterocycles. The molecular weight excluding hydrogens is 150 g/mol. The van der Waals surface area contributed by atoms with E-state index >= 15 is 0 Å². The average Bonchev–Trinajstić information content (AvgIpc) is 2.75. The number of rotatable bonds is 1. The predicted octanol–water partition coefficient (Wildman–Crippen LogP) is 1.56. The fraction of sp³-hybridized carbons (Fsp3) is 0.400. The topological polar surface area (TPSA) is 46.2 Å². The van der Waals surface area contributed by atoms with Crippen LogP contribution in [0.4, 0.5) is 5.69 Å². The summed E-state index contributed by atoms with van der Waals surface area (Å²) >= 11 is 0. The third kappa shape index (κ3) is 1.08. The Kier molecular flexibility index (Phi) is 1.42. The highest BCUT2D eigenvalue weighted by molar-refractivity contribution is 5.50. The quantitative estimate of drug-likeness (QED) is 0.617. The van der Waals surface area contributed by atoms with E-state index in [0.29, 0.717) is 0 Å². The molecule has 1 aliphatic rings. The lowest BCUT2D eigenvalue weighted by atomic mass is 10.0. The van der Waals surface area contributed by atoms with Crippen LogP contribution in [-0.2, 0) is 5.60 Å². The van der Waals surface area contributed by atoms with Crippen molar-refractivity contribution < 1.29 is 5.11 Å². The number of hydrogen-bond donors (Lipinski definition) is 2. The van der Waals surface area contributed by atoms with Crippen LogP contribution in [0.15, 0.2) is 18.2 Å². The van der Waals surface area contributed by atoms with E-state index in [1.807, 2.05) is 25.1 Å². The summed E-state index contributed by atoms with van der Waals surface area (Å²) in [5.74, 6) is 0. The van der Waals surface area contributed by atoms with Crippen LogP contribution < -0.4 is 5.73 Å². The van der Waals surface area contributed by atoms with Gasteiger partial charge in [-0.05, 0) is 37.0 Å². The van der Waals surface area contributed by atoms with Gasteiger partial charge < -0.3 is 10.8 Å². The molecule has 1 aromatic rings. The SMILES string of the molecule is Cc1ccc(C2(O)CC2)cc1N. The van der Waals surface area contributed by atoms with Crippen LogP contribution >= 0.6 is 0 Å². The smallest absolute Gasteiger partial charge is 0.0899 e. The van der Waals surface area contributed by atoms with Crippen molar-refractivity contribution in [1.29, 1.82) is 0 Å². The van der Waals surface area contributed by atoms with Gasteiger partial charge in [-0.25, -0.2) is 0 Å². The van der Waals surface area contributed by atoms with Gasteiger partial charge >= 0.3 is 0 Å². The minimum absolute atomic E-state index is 0.554. The first-order valence-electron chi connectivity index (χ1n) is 4.21. The van der Waals surface area contributed by atoms with E-state index in [2.05, 4.69) is 0 Å². The molecule has 1 aliphatic carbocycles. The molecule has 0 radical (unpaired) electrons. The molecule has 2 nitrogen and oxygen atoms in total. The summed E-state index contributed by atoms with van der Waals surface area (Å²) in [7, 11) is 0. The van der Waals surface area contributed by atoms with Crippen molar-refractivity contribution in [1.82, 2.24) is 0 Å². The van der Waals surface area contributed by atoms with E-state index in [9.17, 15) is 5.11 Å². The molecule has 0 unspecified atom stereocenters. The molecular formula is C10H13NO. The summed E-state index contributed by atoms with van der Waals surface area (Å²) in [6.45, 7) is 1.97. The molecule has 0 saturated heterocycles. The molecule has 2 rings (SSSR count). The molecule has 1 fully saturated rings. The van der Waals surface area contributed by atoms with Gasteiger partial charge in [0, 0.05) is 5.69 Å². The summed E-state index contributed by atoms with van der Waals surface area (Å²) in [5.41, 5.74) is 7.99. The first-order valence-corrected chi connectivity index (χ1v) is 4.21. The zero-order chi connectivity index (χ0) is 8.77. The Bertz CT molecular complexity index is 316. The van der Waals surface area contributed by atoms with E-state index in [1.54, 1.807) is 0 Å². The Balaban J connectivity index is 2.41. The second kappa shape index (κ2) is 2.23. The molecule has 0 amide bonds. The zero-order valence-electron chi connectivity index (χ0n) is 7.17. The molecule has 0 spiro atoms. The molecule has 1 aromatic carbocycles. The van der Waals surface area contributed by atoms with Gasteiger partial charge in [0.1, 0.15) is 0 Å². The van der Waals surface area contributed by atoms with Crippen LogP contribution in [0.25, 0.3) is 0 Å². The normalized spacial score (nSPS) is 19.2. The lowest BCUT2D eigenvalue weighted by Crippen LogP contribution is -2.05. The van der Waals surface area contributed by atoms with Gasteiger partial charge in [0.2, 0.25) is 0 Å². The maximum absolute atomic E-state index is 9.76. The average molecular weight is 163 g/mol. The van der Waals surface area contributed by atoms with E-state index in [0.717, 1.165) is 29.7 Å². The fourth-order valence-corrected chi connectivity index (χ4v) is 1.34. The maximum atomic E-state index is 9.76. The van der Waals surface area contributed by atoms with Crippen molar-refractivity contribution in [3.63, 3.8) is 0 Å². The van der Waals surface area contributed by atoms with Crippen molar-refractivity contribution in [2.75, 3.05) is 5.73 Å². The highest BCUT2D eigenvalue weighted by atomic mass is 16.3. The summed E-state index contributed by atoms with van der Waals surface area (Å²) in [6.07, 6.45) is 1.74. The third-order valence-corrected chi connectivity index (χ3v) is 2.54. The number of hydrogen-bond acceptors (Lipinski definition) is 2. The molecule has 12 heavy (non-hydrogen) atoms. The van der Waals surface area contributed by atoms with Crippen LogP contribution in [0, 0.1) is 6.92 Å². The Hall–Kier alpha value is -1.02. The van der Waals surface area contributed by atoms with Gasteiger partial charge in [0.05, 0.1) is 5.60 Å². The van der Waals surface area contributed by atoms with Crippen LogP contribution in [0.1, 0.15) is 24.0 Å². The first-order chi connectivity index (χ1) is 5.62. The van der Waals surface area contributed by atoms with Crippen molar-refractivity contribution in [3.8, 4) is 0 Å². The van der Waals surface area contributed by atoms with Crippen molar-refractivity contribution in [2.45, 2.75) is 25.4 Å². The van der Waals surface area contributed by atoms with E-state index in [1.165, 1.54) is 0 Å². The Morgan fingerprint density at radius 1 is 1.42 bits per heavy atom. The summed E-state index contributed by atoms with van der Waals surface area (Å²) in [5, 5.41) is 9.76. The lowest BCUT2D eigenvalue weighted by Gasteiger charge is -2.09. The minimum Gasteiger partial charge on any atom is -0.399 e. The molecule has 2 heteroatoms. The van der Waals surface area contributed by atoms with Gasteiger partial charge in [-0.3, -0.25) is 0 Å². The predicted molar refractivity (Wildman–Crippen MR) is 48.7 cm³/mol. The van der Waals surface area contributed by atoms with Crippen molar-refractivity contribution >= 4 is 5.69 Å². The molecule has 0 aliphatic heterocycles. The number of nitrogens with two attached hydrogens (primary N) is 1. The third-order valence-electron chi connectivity index (χ3n) is 2.54. The van der Waals surface area contributed by atoms with Crippen LogP contribution in [0.3, 0.4) is 0 Å². The van der Waals surface area contributed by atoms with Gasteiger partial charge in [-0.1, -0.05) is 12.1 Å². The van der Waals surface area contributed by atoms with Crippen molar-refractivity contribution in [2.24, 2.45) is 0 Å². The van der Waals surface area contributed by atoms with E-state index in [-0.39, 0.29) is 0 Å². The Labute approximate surface area is 72.0 Å². The summed E-state index contributed by atoms with van der Waals surface area (Å²) in [4.78, 5) is 0.